The zero-order valence-corrected chi connectivity index (χ0v) is 17.9. The predicted molar refractivity (Wildman–Crippen MR) is 115 cm³/mol. The summed E-state index contributed by atoms with van der Waals surface area (Å²) in [5, 5.41) is 0. The van der Waals surface area contributed by atoms with Crippen LogP contribution in [-0.4, -0.2) is 43.8 Å². The predicted octanol–water partition coefficient (Wildman–Crippen LogP) is 4.53. The van der Waals surface area contributed by atoms with E-state index < -0.39 is 21.8 Å². The highest BCUT2D eigenvalue weighted by Gasteiger charge is 2.31. The lowest BCUT2D eigenvalue weighted by molar-refractivity contribution is -0.137. The van der Waals surface area contributed by atoms with E-state index in [1.54, 1.807) is 10.4 Å². The van der Waals surface area contributed by atoms with E-state index in [-0.39, 0.29) is 0 Å². The number of alkyl halides is 3. The number of allylic oxidation sites excluding steroid dienone is 1. The summed E-state index contributed by atoms with van der Waals surface area (Å²) in [6.07, 6.45) is -0.646. The molecule has 2 aliphatic rings. The van der Waals surface area contributed by atoms with E-state index in [1.807, 2.05) is 24.3 Å². The molecule has 31 heavy (non-hydrogen) atoms. The third-order valence-corrected chi connectivity index (χ3v) is 7.95. The molecule has 0 N–H and O–H groups in total. The minimum atomic E-state index is -4.34. The van der Waals surface area contributed by atoms with Crippen LogP contribution < -0.4 is 0 Å². The molecular weight excluding hydrogens is 425 g/mol. The van der Waals surface area contributed by atoms with Crippen LogP contribution in [-0.2, 0) is 29.2 Å². The van der Waals surface area contributed by atoms with Crippen LogP contribution in [0.4, 0.5) is 13.2 Å². The molecule has 1 aliphatic carbocycles. The van der Waals surface area contributed by atoms with E-state index in [9.17, 15) is 21.6 Å². The van der Waals surface area contributed by atoms with Gasteiger partial charge in [0.1, 0.15) is 0 Å². The first-order chi connectivity index (χ1) is 14.7. The van der Waals surface area contributed by atoms with Gasteiger partial charge in [-0.3, -0.25) is 4.90 Å². The number of nitrogens with zero attached hydrogens (tertiary/aromatic N) is 2. The fourth-order valence-corrected chi connectivity index (χ4v) is 5.84. The van der Waals surface area contributed by atoms with Crippen LogP contribution in [0.15, 0.2) is 53.4 Å². The highest BCUT2D eigenvalue weighted by molar-refractivity contribution is 7.93. The molecule has 0 bridgehead atoms. The number of benzene rings is 2. The molecule has 0 amide bonds. The average molecular weight is 451 g/mol. The van der Waals surface area contributed by atoms with Crippen molar-refractivity contribution in [1.82, 2.24) is 9.21 Å². The molecule has 2 aromatic carbocycles. The number of halogens is 3. The second-order valence-electron chi connectivity index (χ2n) is 8.04. The van der Waals surface area contributed by atoms with Crippen molar-refractivity contribution < 1.29 is 21.6 Å². The number of rotatable bonds is 4. The minimum Gasteiger partial charge on any atom is -0.298 e. The average Bonchev–Trinajstić information content (AvgIpc) is 2.99. The molecule has 0 atom stereocenters. The van der Waals surface area contributed by atoms with Gasteiger partial charge in [0.05, 0.1) is 10.5 Å². The van der Waals surface area contributed by atoms with Crippen molar-refractivity contribution in [3.63, 3.8) is 0 Å². The highest BCUT2D eigenvalue weighted by Crippen LogP contribution is 2.30. The number of fused-ring (bicyclic) bond motifs is 1. The number of hydrogen-bond donors (Lipinski definition) is 0. The molecule has 0 aromatic heterocycles. The molecule has 166 valence electrons. The highest BCUT2D eigenvalue weighted by atomic mass is 32.2. The molecule has 1 aliphatic heterocycles. The normalized spacial score (nSPS) is 18.9. The molecule has 0 unspecified atom stereocenters. The smallest absolute Gasteiger partial charge is 0.298 e. The van der Waals surface area contributed by atoms with Gasteiger partial charge in [-0.05, 0) is 60.7 Å². The summed E-state index contributed by atoms with van der Waals surface area (Å²) in [5.41, 5.74) is 2.26. The standard InChI is InChI=1S/C23H25F3N2O2S/c24-23(25,26)21-9-6-18(7-10-21)17-27-12-3-13-28(15-14-27)31(29,30)22-11-8-19-4-1-2-5-20(19)16-22/h1-2,4-7,9-10,16H,3,8,11-15,17H2. The van der Waals surface area contributed by atoms with Gasteiger partial charge in [0, 0.05) is 26.2 Å². The first-order valence-corrected chi connectivity index (χ1v) is 11.8. The van der Waals surface area contributed by atoms with Crippen LogP contribution in [0.5, 0.6) is 0 Å². The van der Waals surface area contributed by atoms with Crippen molar-refractivity contribution >= 4 is 16.1 Å². The van der Waals surface area contributed by atoms with Gasteiger partial charge >= 0.3 is 6.18 Å². The summed E-state index contributed by atoms with van der Waals surface area (Å²) in [4.78, 5) is 2.56. The molecule has 4 rings (SSSR count). The molecule has 1 fully saturated rings. The van der Waals surface area contributed by atoms with Crippen molar-refractivity contribution in [1.29, 1.82) is 0 Å². The lowest BCUT2D eigenvalue weighted by atomic mass is 9.98. The van der Waals surface area contributed by atoms with Gasteiger partial charge in [0.15, 0.2) is 0 Å². The van der Waals surface area contributed by atoms with Gasteiger partial charge in [-0.2, -0.15) is 17.5 Å². The van der Waals surface area contributed by atoms with Gasteiger partial charge in [-0.25, -0.2) is 8.42 Å². The summed E-state index contributed by atoms with van der Waals surface area (Å²) in [7, 11) is -3.53. The molecule has 1 heterocycles. The van der Waals surface area contributed by atoms with E-state index in [1.165, 1.54) is 17.7 Å². The number of hydrogen-bond acceptors (Lipinski definition) is 3. The summed E-state index contributed by atoms with van der Waals surface area (Å²) in [6.45, 7) is 2.58. The largest absolute Gasteiger partial charge is 0.416 e. The molecule has 2 aromatic rings. The SMILES string of the molecule is O=S(=O)(C1=Cc2ccccc2CC1)N1CCCN(Cc2ccc(C(F)(F)F)cc2)CC1. The Hall–Kier alpha value is -2.16. The van der Waals surface area contributed by atoms with Crippen molar-refractivity contribution in [2.45, 2.75) is 32.0 Å². The lowest BCUT2D eigenvalue weighted by Crippen LogP contribution is -2.36. The molecule has 1 saturated heterocycles. The van der Waals surface area contributed by atoms with Crippen molar-refractivity contribution in [3.05, 3.63) is 75.7 Å². The first kappa shape index (κ1) is 22.0. The van der Waals surface area contributed by atoms with Crippen LogP contribution in [0.1, 0.15) is 35.1 Å². The Labute approximate surface area is 181 Å². The van der Waals surface area contributed by atoms with Gasteiger partial charge in [0.25, 0.3) is 0 Å². The Morgan fingerprint density at radius 2 is 1.61 bits per heavy atom. The van der Waals surface area contributed by atoms with E-state index >= 15 is 0 Å². The van der Waals surface area contributed by atoms with Crippen LogP contribution in [0.3, 0.4) is 0 Å². The van der Waals surface area contributed by atoms with Gasteiger partial charge in [-0.1, -0.05) is 36.4 Å². The Morgan fingerprint density at radius 3 is 2.35 bits per heavy atom. The maximum atomic E-state index is 13.2. The first-order valence-electron chi connectivity index (χ1n) is 10.4. The van der Waals surface area contributed by atoms with E-state index in [0.717, 1.165) is 29.7 Å². The van der Waals surface area contributed by atoms with Crippen molar-refractivity contribution in [2.75, 3.05) is 26.2 Å². The topological polar surface area (TPSA) is 40.6 Å². The van der Waals surface area contributed by atoms with E-state index in [2.05, 4.69) is 4.90 Å². The van der Waals surface area contributed by atoms with Crippen molar-refractivity contribution in [3.8, 4) is 0 Å². The zero-order chi connectivity index (χ0) is 22.1. The van der Waals surface area contributed by atoms with Crippen LogP contribution >= 0.6 is 0 Å². The third kappa shape index (κ3) is 5.02. The zero-order valence-electron chi connectivity index (χ0n) is 17.1. The second-order valence-corrected chi connectivity index (χ2v) is 10.0. The van der Waals surface area contributed by atoms with Crippen molar-refractivity contribution in [2.24, 2.45) is 0 Å². The Morgan fingerprint density at radius 1 is 0.871 bits per heavy atom. The van der Waals surface area contributed by atoms with Crippen LogP contribution in [0.2, 0.25) is 0 Å². The number of aryl methyl sites for hydroxylation is 1. The molecule has 0 saturated carbocycles. The molecular formula is C23H25F3N2O2S. The summed E-state index contributed by atoms with van der Waals surface area (Å²) >= 11 is 0. The fraction of sp³-hybridized carbons (Fsp3) is 0.391. The van der Waals surface area contributed by atoms with Gasteiger partial charge < -0.3 is 0 Å². The van der Waals surface area contributed by atoms with E-state index in [0.29, 0.717) is 50.5 Å². The third-order valence-electron chi connectivity index (χ3n) is 5.92. The summed E-state index contributed by atoms with van der Waals surface area (Å²) in [6, 6.07) is 13.0. The van der Waals surface area contributed by atoms with Crippen LogP contribution in [0.25, 0.3) is 6.08 Å². The summed E-state index contributed by atoms with van der Waals surface area (Å²) < 4.78 is 66.3. The van der Waals surface area contributed by atoms with Gasteiger partial charge in [0.2, 0.25) is 10.0 Å². The lowest BCUT2D eigenvalue weighted by Gasteiger charge is -2.25. The Balaban J connectivity index is 1.41. The Bertz CT molecular complexity index is 1060. The molecule has 0 spiro atoms. The van der Waals surface area contributed by atoms with Gasteiger partial charge in [-0.15, -0.1) is 0 Å². The van der Waals surface area contributed by atoms with Crippen LogP contribution in [0, 0.1) is 0 Å². The molecule has 8 heteroatoms. The Kier molecular flexibility index (Phi) is 6.23. The number of sulfonamides is 1. The monoisotopic (exact) mass is 450 g/mol. The maximum Gasteiger partial charge on any atom is 0.416 e. The fourth-order valence-electron chi connectivity index (χ4n) is 4.18. The quantitative estimate of drug-likeness (QED) is 0.687. The second kappa shape index (κ2) is 8.76. The molecule has 4 nitrogen and oxygen atoms in total. The molecule has 0 radical (unpaired) electrons. The summed E-state index contributed by atoms with van der Waals surface area (Å²) in [5.74, 6) is 0. The van der Waals surface area contributed by atoms with E-state index in [4.69, 9.17) is 0 Å². The maximum absolute atomic E-state index is 13.2. The minimum absolute atomic E-state index is 0.377.